The number of ketones is 1. The van der Waals surface area contributed by atoms with E-state index in [1.165, 1.54) is 7.05 Å². The molecule has 0 amide bonds. The number of rotatable bonds is 9. The number of carbonyl (C=O) groups is 1. The van der Waals surface area contributed by atoms with Gasteiger partial charge < -0.3 is 0 Å². The first-order chi connectivity index (χ1) is 16.9. The van der Waals surface area contributed by atoms with Crippen molar-refractivity contribution >= 4 is 58.0 Å². The first kappa shape index (κ1) is 31.7. The Morgan fingerprint density at radius 2 is 1.54 bits per heavy atom. The third-order valence-corrected chi connectivity index (χ3v) is 6.69. The number of halogens is 11. The van der Waals surface area contributed by atoms with Gasteiger partial charge in [-0.15, -0.1) is 0 Å². The van der Waals surface area contributed by atoms with Gasteiger partial charge in [-0.1, -0.05) is 59.4 Å². The normalized spacial score (nSPS) is 14.7. The molecule has 0 N–H and O–H groups in total. The SMILES string of the molecule is C[C@@H](CC(=O)c1ccc(/C(F)=C/C(c2cc(Cl)c(Cl)c(Cl)c2)C(F)(F)F)cc1Cl)CN(C)CC(F)(F)F. The van der Waals surface area contributed by atoms with E-state index in [9.17, 15) is 35.5 Å². The summed E-state index contributed by atoms with van der Waals surface area (Å²) in [7, 11) is 1.27. The van der Waals surface area contributed by atoms with Crippen molar-refractivity contribution in [2.24, 2.45) is 5.92 Å². The molecular weight excluding hydrogens is 593 g/mol. The summed E-state index contributed by atoms with van der Waals surface area (Å²) in [6, 6.07) is 5.09. The van der Waals surface area contributed by atoms with E-state index in [2.05, 4.69) is 0 Å². The van der Waals surface area contributed by atoms with Gasteiger partial charge in [0, 0.05) is 24.1 Å². The fraction of sp³-hybridized carbons (Fsp3) is 0.375. The van der Waals surface area contributed by atoms with Gasteiger partial charge in [-0.2, -0.15) is 26.3 Å². The Kier molecular flexibility index (Phi) is 10.8. The quantitative estimate of drug-likeness (QED) is 0.160. The largest absolute Gasteiger partial charge is 0.401 e. The molecule has 204 valence electrons. The molecule has 0 saturated heterocycles. The number of nitrogens with zero attached hydrogens (tertiary/aromatic N) is 1. The van der Waals surface area contributed by atoms with E-state index in [0.29, 0.717) is 6.08 Å². The van der Waals surface area contributed by atoms with Crippen molar-refractivity contribution in [3.05, 3.63) is 73.2 Å². The molecule has 0 aliphatic rings. The van der Waals surface area contributed by atoms with Crippen molar-refractivity contribution in [2.75, 3.05) is 20.1 Å². The topological polar surface area (TPSA) is 20.3 Å². The van der Waals surface area contributed by atoms with E-state index in [0.717, 1.165) is 35.2 Å². The van der Waals surface area contributed by atoms with Crippen molar-refractivity contribution in [3.8, 4) is 0 Å². The van der Waals surface area contributed by atoms with Crippen LogP contribution in [0.15, 0.2) is 36.4 Å². The highest BCUT2D eigenvalue weighted by molar-refractivity contribution is 6.48. The van der Waals surface area contributed by atoms with Crippen LogP contribution in [0.1, 0.15) is 40.7 Å². The van der Waals surface area contributed by atoms with E-state index >= 15 is 0 Å². The Labute approximate surface area is 228 Å². The number of benzene rings is 2. The molecule has 37 heavy (non-hydrogen) atoms. The molecule has 0 spiro atoms. The molecule has 0 heterocycles. The fourth-order valence-electron chi connectivity index (χ4n) is 3.66. The van der Waals surface area contributed by atoms with E-state index in [-0.39, 0.29) is 44.2 Å². The standard InChI is InChI=1S/C24H20Cl4F7NO/c1-12(10-36(2)11-23(30,31)32)5-21(37)15-4-3-13(6-17(15)25)20(29)9-16(24(33,34)35)14-7-18(26)22(28)19(27)8-14/h3-4,6-9,12,16H,5,10-11H2,1-2H3/b20-9-/t12-,16?/m0/s1. The van der Waals surface area contributed by atoms with E-state index in [1.807, 2.05) is 0 Å². The Balaban J connectivity index is 2.25. The molecule has 2 nitrogen and oxygen atoms in total. The van der Waals surface area contributed by atoms with E-state index in [4.69, 9.17) is 46.4 Å². The lowest BCUT2D eigenvalue weighted by atomic mass is 9.95. The third kappa shape index (κ3) is 9.32. The van der Waals surface area contributed by atoms with Crippen molar-refractivity contribution in [1.82, 2.24) is 4.90 Å². The summed E-state index contributed by atoms with van der Waals surface area (Å²) in [6.45, 7) is 0.428. The van der Waals surface area contributed by atoms with Crippen LogP contribution in [0.25, 0.3) is 5.83 Å². The Hall–Kier alpha value is -1.52. The minimum absolute atomic E-state index is 0.0180. The predicted molar refractivity (Wildman–Crippen MR) is 132 cm³/mol. The lowest BCUT2D eigenvalue weighted by Gasteiger charge is -2.22. The zero-order chi connectivity index (χ0) is 28.3. The van der Waals surface area contributed by atoms with Gasteiger partial charge in [0.15, 0.2) is 5.78 Å². The average molecular weight is 613 g/mol. The van der Waals surface area contributed by atoms with E-state index < -0.39 is 47.9 Å². The van der Waals surface area contributed by atoms with Gasteiger partial charge >= 0.3 is 12.4 Å². The first-order valence-electron chi connectivity index (χ1n) is 10.6. The zero-order valence-electron chi connectivity index (χ0n) is 19.3. The Morgan fingerprint density at radius 1 is 0.973 bits per heavy atom. The van der Waals surface area contributed by atoms with Gasteiger partial charge in [0.25, 0.3) is 0 Å². The number of Topliss-reactive ketones (excluding diaryl/α,β-unsaturated/α-hetero) is 1. The lowest BCUT2D eigenvalue weighted by Crippen LogP contribution is -2.34. The minimum Gasteiger partial charge on any atom is -0.298 e. The number of hydrogen-bond donors (Lipinski definition) is 0. The molecule has 0 bridgehead atoms. The summed E-state index contributed by atoms with van der Waals surface area (Å²) in [4.78, 5) is 13.6. The molecule has 2 aromatic rings. The molecule has 13 heteroatoms. The molecule has 2 atom stereocenters. The van der Waals surface area contributed by atoms with Crippen molar-refractivity contribution in [1.29, 1.82) is 0 Å². The van der Waals surface area contributed by atoms with Crippen LogP contribution in [0, 0.1) is 5.92 Å². The monoisotopic (exact) mass is 611 g/mol. The highest BCUT2D eigenvalue weighted by Gasteiger charge is 2.40. The molecule has 2 aromatic carbocycles. The molecule has 0 aliphatic heterocycles. The summed E-state index contributed by atoms with van der Waals surface area (Å²) in [6.07, 6.45) is -9.12. The maximum Gasteiger partial charge on any atom is 0.401 e. The van der Waals surface area contributed by atoms with E-state index in [1.54, 1.807) is 6.92 Å². The molecule has 0 radical (unpaired) electrons. The van der Waals surface area contributed by atoms with Gasteiger partial charge in [-0.3, -0.25) is 9.69 Å². The highest BCUT2D eigenvalue weighted by Crippen LogP contribution is 2.42. The second kappa shape index (κ2) is 12.6. The van der Waals surface area contributed by atoms with Gasteiger partial charge in [0.05, 0.1) is 26.6 Å². The molecule has 0 aromatic heterocycles. The molecular formula is C24H20Cl4F7NO. The fourth-order valence-corrected chi connectivity index (χ4v) is 4.56. The number of alkyl halides is 6. The smallest absolute Gasteiger partial charge is 0.298 e. The van der Waals surface area contributed by atoms with Crippen LogP contribution in [0.5, 0.6) is 0 Å². The maximum atomic E-state index is 14.9. The highest BCUT2D eigenvalue weighted by atomic mass is 35.5. The molecule has 0 saturated carbocycles. The van der Waals surface area contributed by atoms with Crippen molar-refractivity contribution < 1.29 is 35.5 Å². The van der Waals surface area contributed by atoms with Crippen LogP contribution in [0.2, 0.25) is 20.1 Å². The first-order valence-corrected chi connectivity index (χ1v) is 12.1. The van der Waals surface area contributed by atoms with Gasteiger partial charge in [0.1, 0.15) is 11.7 Å². The van der Waals surface area contributed by atoms with Gasteiger partial charge in [-0.05, 0) is 48.9 Å². The van der Waals surface area contributed by atoms with Crippen molar-refractivity contribution in [2.45, 2.75) is 31.6 Å². The van der Waals surface area contributed by atoms with Crippen LogP contribution < -0.4 is 0 Å². The second-order valence-electron chi connectivity index (χ2n) is 8.57. The van der Waals surface area contributed by atoms with Gasteiger partial charge in [-0.25, -0.2) is 4.39 Å². The summed E-state index contributed by atoms with van der Waals surface area (Å²) in [5, 5.41) is -0.845. The number of carbonyl (C=O) groups excluding carboxylic acids is 1. The Bertz CT molecular complexity index is 1140. The van der Waals surface area contributed by atoms with Crippen LogP contribution in [-0.2, 0) is 0 Å². The summed E-state index contributed by atoms with van der Waals surface area (Å²) in [5.41, 5.74) is -0.795. The number of allylic oxidation sites excluding steroid dienone is 1. The van der Waals surface area contributed by atoms with Crippen LogP contribution in [-0.4, -0.2) is 43.2 Å². The second-order valence-corrected chi connectivity index (χ2v) is 10.2. The zero-order valence-corrected chi connectivity index (χ0v) is 22.3. The molecule has 2 rings (SSSR count). The maximum absolute atomic E-state index is 14.9. The molecule has 0 fully saturated rings. The van der Waals surface area contributed by atoms with Crippen molar-refractivity contribution in [3.63, 3.8) is 0 Å². The number of hydrogen-bond acceptors (Lipinski definition) is 2. The predicted octanol–water partition coefficient (Wildman–Crippen LogP) is 9.66. The molecule has 0 aliphatic carbocycles. The molecule has 1 unspecified atom stereocenters. The Morgan fingerprint density at radius 3 is 2.03 bits per heavy atom. The lowest BCUT2D eigenvalue weighted by molar-refractivity contribution is -0.144. The third-order valence-electron chi connectivity index (χ3n) is 5.18. The summed E-state index contributed by atoms with van der Waals surface area (Å²) < 4.78 is 93.6. The van der Waals surface area contributed by atoms with Crippen LogP contribution in [0.4, 0.5) is 30.7 Å². The summed E-state index contributed by atoms with van der Waals surface area (Å²) in [5.74, 6) is -4.66. The summed E-state index contributed by atoms with van der Waals surface area (Å²) >= 11 is 23.5. The van der Waals surface area contributed by atoms with Crippen LogP contribution in [0.3, 0.4) is 0 Å². The van der Waals surface area contributed by atoms with Gasteiger partial charge in [0.2, 0.25) is 0 Å². The van der Waals surface area contributed by atoms with Crippen LogP contribution >= 0.6 is 46.4 Å². The minimum atomic E-state index is -4.91. The average Bonchev–Trinajstić information content (AvgIpc) is 2.72.